The monoisotopic (exact) mass is 183 g/mol. The summed E-state index contributed by atoms with van der Waals surface area (Å²) in [6.45, 7) is 0.321. The molecule has 0 aliphatic heterocycles. The van der Waals surface area contributed by atoms with Crippen molar-refractivity contribution in [2.24, 2.45) is 5.73 Å². The minimum Gasteiger partial charge on any atom is -0.508 e. The second-order valence-electron chi connectivity index (χ2n) is 2.15. The van der Waals surface area contributed by atoms with Gasteiger partial charge in [-0.15, -0.1) is 0 Å². The molecule has 0 spiro atoms. The Bertz CT molecular complexity index is 285. The van der Waals surface area contributed by atoms with Gasteiger partial charge in [0.1, 0.15) is 11.5 Å². The van der Waals surface area contributed by atoms with E-state index in [0.717, 1.165) is 5.56 Å². The zero-order valence-corrected chi connectivity index (χ0v) is 6.73. The van der Waals surface area contributed by atoms with Crippen molar-refractivity contribution >= 4 is 6.15 Å². The second kappa shape index (κ2) is 5.77. The molecule has 0 aromatic heterocycles. The van der Waals surface area contributed by atoms with Gasteiger partial charge in [-0.25, -0.2) is 0 Å². The highest BCUT2D eigenvalue weighted by atomic mass is 16.3. The van der Waals surface area contributed by atoms with Crippen LogP contribution in [0.25, 0.3) is 0 Å². The standard InChI is InChI=1S/C7H9NO2.CO2/c8-4-5-1-6(9)3-7(10)2-5;2-1-3/h1-3,9-10H,4,8H2;. The first kappa shape index (κ1) is 11.2. The van der Waals surface area contributed by atoms with Gasteiger partial charge in [0.15, 0.2) is 0 Å². The maximum Gasteiger partial charge on any atom is 0.373 e. The summed E-state index contributed by atoms with van der Waals surface area (Å²) in [5.74, 6) is 0.0842. The molecule has 0 amide bonds. The van der Waals surface area contributed by atoms with Crippen molar-refractivity contribution in [1.29, 1.82) is 0 Å². The van der Waals surface area contributed by atoms with Gasteiger partial charge < -0.3 is 15.9 Å². The van der Waals surface area contributed by atoms with Crippen molar-refractivity contribution in [3.05, 3.63) is 23.8 Å². The normalized spacial score (nSPS) is 8.08. The topological polar surface area (TPSA) is 101 Å². The molecule has 0 bridgehead atoms. The summed E-state index contributed by atoms with van der Waals surface area (Å²) in [5.41, 5.74) is 5.99. The average Bonchev–Trinajstić information content (AvgIpc) is 2.04. The lowest BCUT2D eigenvalue weighted by Crippen LogP contribution is -1.94. The quantitative estimate of drug-likeness (QED) is 0.567. The Balaban J connectivity index is 0.000000424. The molecule has 0 unspecified atom stereocenters. The smallest absolute Gasteiger partial charge is 0.373 e. The van der Waals surface area contributed by atoms with Crippen LogP contribution in [0.5, 0.6) is 11.5 Å². The van der Waals surface area contributed by atoms with Crippen LogP contribution >= 0.6 is 0 Å². The lowest BCUT2D eigenvalue weighted by atomic mass is 10.2. The summed E-state index contributed by atoms with van der Waals surface area (Å²) in [6, 6.07) is 4.29. The van der Waals surface area contributed by atoms with Crippen molar-refractivity contribution in [1.82, 2.24) is 0 Å². The average molecular weight is 183 g/mol. The van der Waals surface area contributed by atoms with Crippen LogP contribution in [-0.4, -0.2) is 16.4 Å². The van der Waals surface area contributed by atoms with Crippen LogP contribution in [0.1, 0.15) is 5.56 Å². The number of hydrogen-bond acceptors (Lipinski definition) is 5. The lowest BCUT2D eigenvalue weighted by molar-refractivity contribution is -0.191. The van der Waals surface area contributed by atoms with Gasteiger partial charge in [0.05, 0.1) is 0 Å². The summed E-state index contributed by atoms with van der Waals surface area (Å²) in [4.78, 5) is 16.2. The Hall–Kier alpha value is -1.84. The van der Waals surface area contributed by atoms with Gasteiger partial charge in [0.25, 0.3) is 0 Å². The van der Waals surface area contributed by atoms with E-state index in [0.29, 0.717) is 6.54 Å². The molecule has 0 heterocycles. The summed E-state index contributed by atoms with van der Waals surface area (Å²) in [6.07, 6.45) is 0.250. The molecule has 0 atom stereocenters. The van der Waals surface area contributed by atoms with Crippen molar-refractivity contribution in [3.63, 3.8) is 0 Å². The van der Waals surface area contributed by atoms with E-state index >= 15 is 0 Å². The fourth-order valence-electron chi connectivity index (χ4n) is 0.774. The van der Waals surface area contributed by atoms with Crippen LogP contribution in [0.3, 0.4) is 0 Å². The van der Waals surface area contributed by atoms with Crippen molar-refractivity contribution in [2.75, 3.05) is 0 Å². The summed E-state index contributed by atoms with van der Waals surface area (Å²) < 4.78 is 0. The van der Waals surface area contributed by atoms with Crippen molar-refractivity contribution in [3.8, 4) is 11.5 Å². The van der Waals surface area contributed by atoms with E-state index in [2.05, 4.69) is 0 Å². The Morgan fingerprint density at radius 3 is 1.85 bits per heavy atom. The first-order valence-corrected chi connectivity index (χ1v) is 3.35. The predicted octanol–water partition coefficient (Wildman–Crippen LogP) is -0.0270. The number of aromatic hydroxyl groups is 2. The molecule has 1 aromatic carbocycles. The van der Waals surface area contributed by atoms with Crippen LogP contribution in [0.2, 0.25) is 0 Å². The van der Waals surface area contributed by atoms with E-state index in [1.54, 1.807) is 0 Å². The molecule has 0 radical (unpaired) electrons. The number of hydrogen-bond donors (Lipinski definition) is 3. The SMILES string of the molecule is NCc1cc(O)cc(O)c1.O=C=O. The minimum atomic E-state index is 0.0421. The molecule has 0 aliphatic carbocycles. The predicted molar refractivity (Wildman–Crippen MR) is 42.7 cm³/mol. The second-order valence-corrected chi connectivity index (χ2v) is 2.15. The van der Waals surface area contributed by atoms with E-state index in [4.69, 9.17) is 25.5 Å². The molecule has 0 fully saturated rings. The number of nitrogens with two attached hydrogens (primary N) is 1. The third kappa shape index (κ3) is 4.58. The summed E-state index contributed by atoms with van der Waals surface area (Å²) >= 11 is 0. The molecule has 70 valence electrons. The largest absolute Gasteiger partial charge is 0.508 e. The van der Waals surface area contributed by atoms with Gasteiger partial charge in [-0.05, 0) is 17.7 Å². The molecule has 5 nitrogen and oxygen atoms in total. The highest BCUT2D eigenvalue weighted by Gasteiger charge is 1.95. The Morgan fingerprint density at radius 1 is 1.15 bits per heavy atom. The molecule has 13 heavy (non-hydrogen) atoms. The van der Waals surface area contributed by atoms with Gasteiger partial charge in [-0.1, -0.05) is 0 Å². The van der Waals surface area contributed by atoms with Crippen LogP contribution in [-0.2, 0) is 16.1 Å². The molecule has 1 rings (SSSR count). The molecule has 0 aliphatic rings. The van der Waals surface area contributed by atoms with Crippen LogP contribution in [0.4, 0.5) is 0 Å². The van der Waals surface area contributed by atoms with E-state index in [-0.39, 0.29) is 17.7 Å². The van der Waals surface area contributed by atoms with Gasteiger partial charge in [0.2, 0.25) is 0 Å². The zero-order valence-electron chi connectivity index (χ0n) is 6.73. The molecule has 5 heteroatoms. The van der Waals surface area contributed by atoms with Gasteiger partial charge in [-0.2, -0.15) is 9.59 Å². The van der Waals surface area contributed by atoms with Crippen LogP contribution < -0.4 is 5.73 Å². The number of carbonyl (C=O) groups excluding carboxylic acids is 2. The molecule has 4 N–H and O–H groups in total. The van der Waals surface area contributed by atoms with Gasteiger partial charge >= 0.3 is 6.15 Å². The fourth-order valence-corrected chi connectivity index (χ4v) is 0.774. The number of benzene rings is 1. The van der Waals surface area contributed by atoms with Gasteiger partial charge in [-0.3, -0.25) is 0 Å². The summed E-state index contributed by atoms with van der Waals surface area (Å²) in [7, 11) is 0. The first-order chi connectivity index (χ1) is 6.13. The van der Waals surface area contributed by atoms with Crippen LogP contribution in [0.15, 0.2) is 18.2 Å². The number of phenolic OH excluding ortho intramolecular Hbond substituents is 2. The maximum atomic E-state index is 8.91. The maximum absolute atomic E-state index is 8.91. The van der Waals surface area contributed by atoms with Crippen LogP contribution in [0, 0.1) is 0 Å². The van der Waals surface area contributed by atoms with E-state index in [1.165, 1.54) is 18.2 Å². The highest BCUT2D eigenvalue weighted by molar-refractivity contribution is 5.36. The van der Waals surface area contributed by atoms with E-state index in [9.17, 15) is 0 Å². The molecular weight excluding hydrogens is 174 g/mol. The molecular formula is C8H9NO4. The third-order valence-electron chi connectivity index (χ3n) is 1.20. The van der Waals surface area contributed by atoms with E-state index < -0.39 is 0 Å². The molecule has 0 saturated carbocycles. The Labute approximate surface area is 74.4 Å². The Kier molecular flexibility index (Phi) is 4.95. The lowest BCUT2D eigenvalue weighted by Gasteiger charge is -1.98. The van der Waals surface area contributed by atoms with Crippen molar-refractivity contribution < 1.29 is 19.8 Å². The number of rotatable bonds is 1. The molecule has 0 saturated heterocycles. The third-order valence-corrected chi connectivity index (χ3v) is 1.20. The minimum absolute atomic E-state index is 0.0421. The van der Waals surface area contributed by atoms with E-state index in [1.807, 2.05) is 0 Å². The number of phenols is 2. The first-order valence-electron chi connectivity index (χ1n) is 3.35. The van der Waals surface area contributed by atoms with Crippen molar-refractivity contribution in [2.45, 2.75) is 6.54 Å². The van der Waals surface area contributed by atoms with Gasteiger partial charge in [0, 0.05) is 12.6 Å². The fraction of sp³-hybridized carbons (Fsp3) is 0.125. The highest BCUT2D eigenvalue weighted by Crippen LogP contribution is 2.19. The Morgan fingerprint density at radius 2 is 1.54 bits per heavy atom. The molecule has 1 aromatic rings. The zero-order chi connectivity index (χ0) is 10.3. The summed E-state index contributed by atoms with van der Waals surface area (Å²) in [5, 5.41) is 17.8.